The summed E-state index contributed by atoms with van der Waals surface area (Å²) in [6.07, 6.45) is 7.01. The predicted molar refractivity (Wildman–Crippen MR) is 127 cm³/mol. The van der Waals surface area contributed by atoms with Gasteiger partial charge in [0.25, 0.3) is 5.56 Å². The Balaban J connectivity index is 1.74. The largest absolute Gasteiger partial charge is 0.467 e. The molecule has 1 unspecified atom stereocenters. The van der Waals surface area contributed by atoms with Crippen LogP contribution in [-0.2, 0) is 25.9 Å². The van der Waals surface area contributed by atoms with Crippen molar-refractivity contribution in [2.75, 3.05) is 20.2 Å². The maximum Gasteiger partial charge on any atom is 0.316 e. The number of hydrogen-bond acceptors (Lipinski definition) is 7. The van der Waals surface area contributed by atoms with Crippen LogP contribution in [0.3, 0.4) is 0 Å². The maximum absolute atomic E-state index is 13.6. The summed E-state index contributed by atoms with van der Waals surface area (Å²) in [7, 11) is 1.55. The second-order valence-electron chi connectivity index (χ2n) is 8.39. The third kappa shape index (κ3) is 5.12. The number of nitrogens with zero attached hydrogens (tertiary/aromatic N) is 5. The number of fused-ring (bicyclic) bond motifs is 1. The number of rotatable bonds is 10. The summed E-state index contributed by atoms with van der Waals surface area (Å²) < 4.78 is 6.96. The first-order chi connectivity index (χ1) is 16.1. The van der Waals surface area contributed by atoms with E-state index in [-0.39, 0.29) is 11.6 Å². The van der Waals surface area contributed by atoms with Gasteiger partial charge in [-0.15, -0.1) is 0 Å². The van der Waals surface area contributed by atoms with Crippen molar-refractivity contribution in [3.63, 3.8) is 0 Å². The van der Waals surface area contributed by atoms with Crippen LogP contribution in [0, 0.1) is 0 Å². The zero-order chi connectivity index (χ0) is 23.2. The third-order valence-electron chi connectivity index (χ3n) is 6.19. The molecule has 0 saturated carbocycles. The first-order valence-corrected chi connectivity index (χ1v) is 11.6. The Morgan fingerprint density at radius 2 is 1.91 bits per heavy atom. The van der Waals surface area contributed by atoms with E-state index in [2.05, 4.69) is 33.9 Å². The predicted octanol–water partition coefficient (Wildman–Crippen LogP) is 2.49. The second kappa shape index (κ2) is 10.7. The van der Waals surface area contributed by atoms with Gasteiger partial charge in [-0.2, -0.15) is 0 Å². The number of nitrogens with two attached hydrogens (primary N) is 1. The van der Waals surface area contributed by atoms with Gasteiger partial charge in [0.15, 0.2) is 0 Å². The Kier molecular flexibility index (Phi) is 7.47. The minimum absolute atomic E-state index is 0.0574. The molecule has 3 aromatic rings. The lowest BCUT2D eigenvalue weighted by Crippen LogP contribution is -2.38. The molecule has 1 aromatic carbocycles. The number of hydrogen-bond donors (Lipinski definition) is 1. The van der Waals surface area contributed by atoms with E-state index < -0.39 is 0 Å². The Bertz CT molecular complexity index is 1110. The highest BCUT2D eigenvalue weighted by molar-refractivity contribution is 5.26. The van der Waals surface area contributed by atoms with Gasteiger partial charge < -0.3 is 10.5 Å². The minimum Gasteiger partial charge on any atom is -0.467 e. The number of aryl methyl sites for hydroxylation is 1. The van der Waals surface area contributed by atoms with Crippen molar-refractivity contribution in [2.45, 2.75) is 51.7 Å². The van der Waals surface area contributed by atoms with Gasteiger partial charge in [0.2, 0.25) is 0 Å². The lowest BCUT2D eigenvalue weighted by molar-refractivity contribution is 0.174. The summed E-state index contributed by atoms with van der Waals surface area (Å²) in [5.41, 5.74) is 9.97. The summed E-state index contributed by atoms with van der Waals surface area (Å²) in [4.78, 5) is 29.4. The van der Waals surface area contributed by atoms with E-state index in [1.54, 1.807) is 19.5 Å². The molecule has 8 nitrogen and oxygen atoms in total. The van der Waals surface area contributed by atoms with Crippen LogP contribution in [0.25, 0.3) is 0 Å². The smallest absolute Gasteiger partial charge is 0.316 e. The molecule has 0 radical (unpaired) electrons. The average molecular weight is 449 g/mol. The van der Waals surface area contributed by atoms with Gasteiger partial charge in [-0.1, -0.05) is 37.3 Å². The quantitative estimate of drug-likeness (QED) is 0.509. The molecule has 174 valence electrons. The molecule has 33 heavy (non-hydrogen) atoms. The molecule has 0 amide bonds. The van der Waals surface area contributed by atoms with E-state index in [0.717, 1.165) is 53.9 Å². The molecule has 2 aromatic heterocycles. The highest BCUT2D eigenvalue weighted by Crippen LogP contribution is 2.27. The fourth-order valence-electron chi connectivity index (χ4n) is 4.60. The van der Waals surface area contributed by atoms with Crippen molar-refractivity contribution >= 4 is 0 Å². The van der Waals surface area contributed by atoms with Gasteiger partial charge in [-0.05, 0) is 31.2 Å². The maximum atomic E-state index is 13.6. The van der Waals surface area contributed by atoms with Crippen LogP contribution in [0.4, 0.5) is 0 Å². The van der Waals surface area contributed by atoms with Crippen LogP contribution in [-0.4, -0.2) is 44.6 Å². The van der Waals surface area contributed by atoms with Gasteiger partial charge in [-0.25, -0.2) is 15.0 Å². The van der Waals surface area contributed by atoms with Crippen molar-refractivity contribution in [3.8, 4) is 6.01 Å². The van der Waals surface area contributed by atoms with E-state index in [0.29, 0.717) is 32.2 Å². The number of aromatic nitrogens is 4. The molecular formula is C25H32N6O2. The lowest BCUT2D eigenvalue weighted by atomic mass is 10.1. The molecule has 1 aliphatic rings. The van der Waals surface area contributed by atoms with Crippen LogP contribution in [0.1, 0.15) is 54.0 Å². The summed E-state index contributed by atoms with van der Waals surface area (Å²) in [5, 5.41) is 0. The summed E-state index contributed by atoms with van der Waals surface area (Å²) >= 11 is 0. The normalized spacial score (nSPS) is 13.8. The van der Waals surface area contributed by atoms with Gasteiger partial charge in [0.05, 0.1) is 25.4 Å². The fraction of sp³-hybridized carbons (Fsp3) is 0.440. The molecule has 0 bridgehead atoms. The summed E-state index contributed by atoms with van der Waals surface area (Å²) in [6.45, 7) is 4.42. The topological polar surface area (TPSA) is 99.2 Å². The standard InChI is InChI=1S/C25H32N6O2/c1-3-22(30(13-12-26)16-19-14-27-25(33-2)28-15-19)23-29-21-11-7-10-20(21)24(32)31(23)17-18-8-5-4-6-9-18/h4-6,8-9,14-15,22H,3,7,10-13,16-17,26H2,1-2H3. The Hall–Kier alpha value is -3.10. The third-order valence-corrected chi connectivity index (χ3v) is 6.19. The van der Waals surface area contributed by atoms with Crippen LogP contribution < -0.4 is 16.0 Å². The average Bonchev–Trinajstić information content (AvgIpc) is 3.32. The first kappa shape index (κ1) is 23.1. The zero-order valence-electron chi connectivity index (χ0n) is 19.4. The summed E-state index contributed by atoms with van der Waals surface area (Å²) in [5.74, 6) is 0.815. The molecule has 0 fully saturated rings. The molecule has 2 N–H and O–H groups in total. The van der Waals surface area contributed by atoms with Crippen LogP contribution >= 0.6 is 0 Å². The van der Waals surface area contributed by atoms with Crippen molar-refractivity contribution in [1.82, 2.24) is 24.4 Å². The van der Waals surface area contributed by atoms with Crippen molar-refractivity contribution < 1.29 is 4.74 Å². The second-order valence-corrected chi connectivity index (χ2v) is 8.39. The molecule has 4 rings (SSSR count). The number of benzene rings is 1. The molecule has 0 spiro atoms. The molecule has 8 heteroatoms. The van der Waals surface area contributed by atoms with Gasteiger partial charge in [-0.3, -0.25) is 14.3 Å². The zero-order valence-corrected chi connectivity index (χ0v) is 19.4. The first-order valence-electron chi connectivity index (χ1n) is 11.6. The van der Waals surface area contributed by atoms with E-state index in [4.69, 9.17) is 15.5 Å². The number of ether oxygens (including phenoxy) is 1. The highest BCUT2D eigenvalue weighted by atomic mass is 16.5. The molecule has 1 atom stereocenters. The Morgan fingerprint density at radius 3 is 2.58 bits per heavy atom. The Morgan fingerprint density at radius 1 is 1.15 bits per heavy atom. The van der Waals surface area contributed by atoms with Crippen molar-refractivity contribution in [1.29, 1.82) is 0 Å². The van der Waals surface area contributed by atoms with Crippen LogP contribution in [0.2, 0.25) is 0 Å². The summed E-state index contributed by atoms with van der Waals surface area (Å²) in [6, 6.07) is 10.4. The van der Waals surface area contributed by atoms with Crippen LogP contribution in [0.5, 0.6) is 6.01 Å². The van der Waals surface area contributed by atoms with E-state index in [1.807, 2.05) is 22.8 Å². The van der Waals surface area contributed by atoms with E-state index in [1.165, 1.54) is 0 Å². The van der Waals surface area contributed by atoms with E-state index in [9.17, 15) is 4.79 Å². The van der Waals surface area contributed by atoms with Crippen molar-refractivity contribution in [2.24, 2.45) is 5.73 Å². The van der Waals surface area contributed by atoms with Crippen LogP contribution in [0.15, 0.2) is 47.5 Å². The lowest BCUT2D eigenvalue weighted by Gasteiger charge is -2.32. The molecular weight excluding hydrogens is 416 g/mol. The van der Waals surface area contributed by atoms with Gasteiger partial charge in [0, 0.05) is 43.2 Å². The highest BCUT2D eigenvalue weighted by Gasteiger charge is 2.28. The monoisotopic (exact) mass is 448 g/mol. The van der Waals surface area contributed by atoms with Gasteiger partial charge in [0.1, 0.15) is 5.82 Å². The molecule has 0 aliphatic heterocycles. The van der Waals surface area contributed by atoms with E-state index >= 15 is 0 Å². The number of methoxy groups -OCH3 is 1. The SMILES string of the molecule is CCC(c1nc2c(c(=O)n1Cc1ccccc1)CCC2)N(CCN)Cc1cnc(OC)nc1. The fourth-order valence-corrected chi connectivity index (χ4v) is 4.60. The molecule has 0 saturated heterocycles. The molecule has 1 aliphatic carbocycles. The Labute approximate surface area is 194 Å². The minimum atomic E-state index is -0.0574. The van der Waals surface area contributed by atoms with Gasteiger partial charge >= 0.3 is 6.01 Å². The molecule has 2 heterocycles. The van der Waals surface area contributed by atoms with Crippen molar-refractivity contribution in [3.05, 3.63) is 81.3 Å².